The summed E-state index contributed by atoms with van der Waals surface area (Å²) in [4.78, 5) is 3.97. The van der Waals surface area contributed by atoms with E-state index in [0.29, 0.717) is 28.9 Å². The van der Waals surface area contributed by atoms with Crippen LogP contribution in [0.5, 0.6) is 11.6 Å². The molecule has 0 spiro atoms. The molecule has 0 bridgehead atoms. The molecule has 1 aliphatic carbocycles. The highest BCUT2D eigenvalue weighted by molar-refractivity contribution is 6.31. The molecule has 21 heavy (non-hydrogen) atoms. The number of halogens is 2. The molecule has 0 unspecified atom stereocenters. The van der Waals surface area contributed by atoms with E-state index in [1.54, 1.807) is 30.5 Å². The van der Waals surface area contributed by atoms with Crippen molar-refractivity contribution in [3.63, 3.8) is 0 Å². The van der Waals surface area contributed by atoms with Crippen LogP contribution in [0.25, 0.3) is 0 Å². The first-order valence-electron chi connectivity index (χ1n) is 6.94. The zero-order valence-electron chi connectivity index (χ0n) is 11.7. The minimum absolute atomic E-state index is 0.00757. The summed E-state index contributed by atoms with van der Waals surface area (Å²) in [6, 6.07) is 7.39. The molecule has 1 heterocycles. The van der Waals surface area contributed by atoms with Crippen molar-refractivity contribution in [3.05, 3.63) is 52.4 Å². The van der Waals surface area contributed by atoms with Gasteiger partial charge < -0.3 is 10.1 Å². The van der Waals surface area contributed by atoms with Crippen LogP contribution in [-0.4, -0.2) is 11.0 Å². The number of nitrogens with zero attached hydrogens (tertiary/aromatic N) is 1. The maximum absolute atomic E-state index is 14.4. The lowest BCUT2D eigenvalue weighted by Crippen LogP contribution is -2.16. The molecule has 1 aliphatic rings. The van der Waals surface area contributed by atoms with E-state index in [-0.39, 0.29) is 5.88 Å². The summed E-state index contributed by atoms with van der Waals surface area (Å²) in [5.41, 5.74) is 1.44. The minimum Gasteiger partial charge on any atom is -0.436 e. The van der Waals surface area contributed by atoms with Gasteiger partial charge in [-0.05, 0) is 49.6 Å². The molecule has 3 rings (SSSR count). The van der Waals surface area contributed by atoms with Gasteiger partial charge in [0.2, 0.25) is 0 Å². The first kappa shape index (κ1) is 14.3. The molecule has 1 fully saturated rings. The van der Waals surface area contributed by atoms with Gasteiger partial charge in [-0.25, -0.2) is 9.37 Å². The summed E-state index contributed by atoms with van der Waals surface area (Å²) in [6.07, 6.45) is 3.89. The highest BCUT2D eigenvalue weighted by Gasteiger charge is 2.21. The quantitative estimate of drug-likeness (QED) is 0.897. The van der Waals surface area contributed by atoms with Crippen LogP contribution in [0.4, 0.5) is 4.39 Å². The minimum atomic E-state index is -0.418. The van der Waals surface area contributed by atoms with E-state index in [2.05, 4.69) is 10.3 Å². The number of benzene rings is 1. The number of rotatable bonds is 5. The summed E-state index contributed by atoms with van der Waals surface area (Å²) in [6.45, 7) is 2.37. The standard InChI is InChI=1S/C16H16ClFN2O/c1-10-8-13(4-5-14(10)17)21-16-15(18)11(6-7-19-16)9-20-12-2-3-12/h4-8,12,20H,2-3,9H2,1H3. The fraction of sp³-hybridized carbons (Fsp3) is 0.312. The van der Waals surface area contributed by atoms with Gasteiger partial charge in [-0.3, -0.25) is 0 Å². The lowest BCUT2D eigenvalue weighted by atomic mass is 10.2. The Balaban J connectivity index is 1.77. The molecule has 1 aromatic carbocycles. The maximum atomic E-state index is 14.4. The predicted octanol–water partition coefficient (Wildman–Crippen LogP) is 4.23. The smallest absolute Gasteiger partial charge is 0.256 e. The molecule has 0 amide bonds. The fourth-order valence-electron chi connectivity index (χ4n) is 2.00. The molecule has 0 atom stereocenters. The van der Waals surface area contributed by atoms with Gasteiger partial charge >= 0.3 is 0 Å². The first-order chi connectivity index (χ1) is 10.1. The van der Waals surface area contributed by atoms with E-state index in [1.807, 2.05) is 6.92 Å². The third-order valence-corrected chi connectivity index (χ3v) is 3.86. The van der Waals surface area contributed by atoms with Gasteiger partial charge in [-0.2, -0.15) is 0 Å². The Morgan fingerprint density at radius 1 is 1.38 bits per heavy atom. The van der Waals surface area contributed by atoms with Gasteiger partial charge in [0.1, 0.15) is 5.75 Å². The van der Waals surface area contributed by atoms with E-state index in [1.165, 1.54) is 12.8 Å². The molecule has 2 aromatic rings. The van der Waals surface area contributed by atoms with E-state index >= 15 is 0 Å². The van der Waals surface area contributed by atoms with Crippen molar-refractivity contribution in [3.8, 4) is 11.6 Å². The first-order valence-corrected chi connectivity index (χ1v) is 7.32. The van der Waals surface area contributed by atoms with Crippen LogP contribution in [-0.2, 0) is 6.54 Å². The Bertz CT molecular complexity index is 659. The topological polar surface area (TPSA) is 34.1 Å². The van der Waals surface area contributed by atoms with Crippen LogP contribution in [0.15, 0.2) is 30.5 Å². The summed E-state index contributed by atoms with van der Waals surface area (Å²) in [5, 5.41) is 3.93. The second-order valence-electron chi connectivity index (χ2n) is 5.26. The van der Waals surface area contributed by atoms with Gasteiger partial charge in [0.25, 0.3) is 5.88 Å². The number of aryl methyl sites for hydroxylation is 1. The molecule has 0 aliphatic heterocycles. The van der Waals surface area contributed by atoms with Crippen molar-refractivity contribution >= 4 is 11.6 Å². The number of hydrogen-bond acceptors (Lipinski definition) is 3. The number of nitrogens with one attached hydrogen (secondary N) is 1. The Kier molecular flexibility index (Phi) is 4.08. The lowest BCUT2D eigenvalue weighted by molar-refractivity contribution is 0.417. The number of pyridine rings is 1. The zero-order valence-corrected chi connectivity index (χ0v) is 12.5. The summed E-state index contributed by atoms with van der Waals surface area (Å²) in [7, 11) is 0. The Morgan fingerprint density at radius 2 is 2.19 bits per heavy atom. The van der Waals surface area contributed by atoms with E-state index in [9.17, 15) is 4.39 Å². The molecule has 1 aromatic heterocycles. The third-order valence-electron chi connectivity index (χ3n) is 3.44. The molecular formula is C16H16ClFN2O. The van der Waals surface area contributed by atoms with Crippen LogP contribution in [0.2, 0.25) is 5.02 Å². The van der Waals surface area contributed by atoms with Gasteiger partial charge in [0.15, 0.2) is 5.82 Å². The number of aromatic nitrogens is 1. The van der Waals surface area contributed by atoms with Crippen molar-refractivity contribution in [2.45, 2.75) is 32.4 Å². The molecular weight excluding hydrogens is 291 g/mol. The zero-order chi connectivity index (χ0) is 14.8. The molecule has 5 heteroatoms. The van der Waals surface area contributed by atoms with E-state index in [4.69, 9.17) is 16.3 Å². The van der Waals surface area contributed by atoms with Crippen molar-refractivity contribution in [1.82, 2.24) is 10.3 Å². The fourth-order valence-corrected chi connectivity index (χ4v) is 2.12. The lowest BCUT2D eigenvalue weighted by Gasteiger charge is -2.10. The molecule has 0 saturated heterocycles. The number of ether oxygens (including phenoxy) is 1. The Labute approximate surface area is 128 Å². The summed E-state index contributed by atoms with van der Waals surface area (Å²) >= 11 is 5.96. The second kappa shape index (κ2) is 6.00. The van der Waals surface area contributed by atoms with Crippen LogP contribution in [0.1, 0.15) is 24.0 Å². The van der Waals surface area contributed by atoms with Gasteiger partial charge in [-0.15, -0.1) is 0 Å². The summed E-state index contributed by atoms with van der Waals surface area (Å²) in [5.74, 6) is 0.0978. The predicted molar refractivity (Wildman–Crippen MR) is 80.3 cm³/mol. The monoisotopic (exact) mass is 306 g/mol. The highest BCUT2D eigenvalue weighted by atomic mass is 35.5. The average molecular weight is 307 g/mol. The molecule has 1 N–H and O–H groups in total. The Hall–Kier alpha value is -1.65. The van der Waals surface area contributed by atoms with Crippen LogP contribution < -0.4 is 10.1 Å². The van der Waals surface area contributed by atoms with Gasteiger partial charge in [0, 0.05) is 29.4 Å². The van der Waals surface area contributed by atoms with Gasteiger partial charge in [-0.1, -0.05) is 11.6 Å². The highest BCUT2D eigenvalue weighted by Crippen LogP contribution is 2.28. The summed E-state index contributed by atoms with van der Waals surface area (Å²) < 4.78 is 19.9. The second-order valence-corrected chi connectivity index (χ2v) is 5.66. The van der Waals surface area contributed by atoms with E-state index in [0.717, 1.165) is 5.56 Å². The molecule has 1 saturated carbocycles. The van der Waals surface area contributed by atoms with Crippen LogP contribution in [0.3, 0.4) is 0 Å². The molecule has 110 valence electrons. The molecule has 0 radical (unpaired) electrons. The molecule has 3 nitrogen and oxygen atoms in total. The average Bonchev–Trinajstić information content (AvgIpc) is 3.28. The van der Waals surface area contributed by atoms with E-state index < -0.39 is 5.82 Å². The van der Waals surface area contributed by atoms with Crippen molar-refractivity contribution in [1.29, 1.82) is 0 Å². The van der Waals surface area contributed by atoms with Crippen molar-refractivity contribution < 1.29 is 9.13 Å². The SMILES string of the molecule is Cc1cc(Oc2nccc(CNC3CC3)c2F)ccc1Cl. The largest absolute Gasteiger partial charge is 0.436 e. The van der Waals surface area contributed by atoms with Gasteiger partial charge in [0.05, 0.1) is 0 Å². The van der Waals surface area contributed by atoms with Crippen LogP contribution in [0, 0.1) is 12.7 Å². The number of hydrogen-bond donors (Lipinski definition) is 1. The van der Waals surface area contributed by atoms with Crippen molar-refractivity contribution in [2.24, 2.45) is 0 Å². The normalized spacial score (nSPS) is 14.2. The van der Waals surface area contributed by atoms with Crippen LogP contribution >= 0.6 is 11.6 Å². The Morgan fingerprint density at radius 3 is 2.90 bits per heavy atom. The van der Waals surface area contributed by atoms with Crippen molar-refractivity contribution in [2.75, 3.05) is 0 Å². The third kappa shape index (κ3) is 3.52. The maximum Gasteiger partial charge on any atom is 0.256 e.